The van der Waals surface area contributed by atoms with Crippen LogP contribution >= 0.6 is 11.3 Å². The maximum absolute atomic E-state index is 14.3. The van der Waals surface area contributed by atoms with Gasteiger partial charge in [0.15, 0.2) is 0 Å². The molecule has 0 saturated heterocycles. The molecule has 0 fully saturated rings. The fourth-order valence-electron chi connectivity index (χ4n) is 4.31. The molecule has 2 aromatic carbocycles. The molecule has 6 nitrogen and oxygen atoms in total. The zero-order valence-corrected chi connectivity index (χ0v) is 19.9. The number of aryl methyl sites for hydroxylation is 2. The van der Waals surface area contributed by atoms with E-state index in [1.807, 2.05) is 50.2 Å². The van der Waals surface area contributed by atoms with Gasteiger partial charge in [-0.25, -0.2) is 14.4 Å². The van der Waals surface area contributed by atoms with Gasteiger partial charge in [-0.05, 0) is 61.2 Å². The first-order chi connectivity index (χ1) is 16.5. The number of benzene rings is 2. The maximum atomic E-state index is 14.3. The van der Waals surface area contributed by atoms with Gasteiger partial charge in [0.2, 0.25) is 0 Å². The molecule has 0 spiro atoms. The molecule has 0 atom stereocenters. The molecule has 3 N–H and O–H groups in total. The second-order valence-electron chi connectivity index (χ2n) is 8.22. The van der Waals surface area contributed by atoms with Gasteiger partial charge in [-0.1, -0.05) is 18.2 Å². The van der Waals surface area contributed by atoms with E-state index in [1.54, 1.807) is 24.7 Å². The van der Waals surface area contributed by atoms with Gasteiger partial charge in [-0.3, -0.25) is 4.79 Å². The molecule has 0 saturated carbocycles. The normalized spacial score (nSPS) is 11.3. The highest BCUT2D eigenvalue weighted by Crippen LogP contribution is 2.36. The SMILES string of the molecule is CNC(=O)c1ccc(-c2cc3ncnc(NCCc4c(C)[nH]c5c(F)ccc(C)c45)c3s2)cc1. The number of H-pyrrole nitrogens is 1. The minimum absolute atomic E-state index is 0.108. The lowest BCUT2D eigenvalue weighted by Crippen LogP contribution is -2.17. The van der Waals surface area contributed by atoms with Crippen molar-refractivity contribution in [2.75, 3.05) is 18.9 Å². The fraction of sp³-hybridized carbons (Fsp3) is 0.192. The number of nitrogens with zero attached hydrogens (tertiary/aromatic N) is 2. The molecule has 5 rings (SSSR count). The Kier molecular flexibility index (Phi) is 5.75. The molecule has 8 heteroatoms. The number of hydrogen-bond donors (Lipinski definition) is 3. The van der Waals surface area contributed by atoms with Crippen LogP contribution in [0.15, 0.2) is 48.8 Å². The summed E-state index contributed by atoms with van der Waals surface area (Å²) in [6.45, 7) is 4.65. The second-order valence-corrected chi connectivity index (χ2v) is 9.28. The number of carbonyl (C=O) groups excluding carboxylic acids is 1. The van der Waals surface area contributed by atoms with E-state index in [0.717, 1.165) is 55.1 Å². The van der Waals surface area contributed by atoms with Crippen LogP contribution in [0.3, 0.4) is 0 Å². The van der Waals surface area contributed by atoms with Crippen molar-refractivity contribution in [3.05, 3.63) is 77.0 Å². The number of aromatic nitrogens is 3. The van der Waals surface area contributed by atoms with Crippen molar-refractivity contribution >= 4 is 44.2 Å². The average molecular weight is 474 g/mol. The highest BCUT2D eigenvalue weighted by Gasteiger charge is 2.15. The molecule has 0 aliphatic heterocycles. The number of carbonyl (C=O) groups is 1. The zero-order valence-electron chi connectivity index (χ0n) is 19.1. The lowest BCUT2D eigenvalue weighted by molar-refractivity contribution is 0.0963. The van der Waals surface area contributed by atoms with E-state index < -0.39 is 0 Å². The number of nitrogens with one attached hydrogen (secondary N) is 3. The van der Waals surface area contributed by atoms with E-state index in [0.29, 0.717) is 17.6 Å². The molecule has 3 heterocycles. The summed E-state index contributed by atoms with van der Waals surface area (Å²) < 4.78 is 15.2. The van der Waals surface area contributed by atoms with Gasteiger partial charge in [0.1, 0.15) is 18.0 Å². The van der Waals surface area contributed by atoms with Crippen molar-refractivity contribution in [3.8, 4) is 10.4 Å². The van der Waals surface area contributed by atoms with Crippen LogP contribution in [0.2, 0.25) is 0 Å². The van der Waals surface area contributed by atoms with Crippen molar-refractivity contribution in [1.29, 1.82) is 0 Å². The van der Waals surface area contributed by atoms with Crippen molar-refractivity contribution < 1.29 is 9.18 Å². The summed E-state index contributed by atoms with van der Waals surface area (Å²) in [6.07, 6.45) is 2.30. The lowest BCUT2D eigenvalue weighted by atomic mass is 10.0. The van der Waals surface area contributed by atoms with Crippen LogP contribution in [0.4, 0.5) is 10.2 Å². The van der Waals surface area contributed by atoms with Crippen LogP contribution in [-0.4, -0.2) is 34.5 Å². The Balaban J connectivity index is 1.38. The van der Waals surface area contributed by atoms with Crippen molar-refractivity contribution in [2.45, 2.75) is 20.3 Å². The molecule has 0 aliphatic rings. The van der Waals surface area contributed by atoms with E-state index in [1.165, 1.54) is 6.07 Å². The quantitative estimate of drug-likeness (QED) is 0.299. The van der Waals surface area contributed by atoms with Crippen LogP contribution in [0.1, 0.15) is 27.2 Å². The zero-order chi connectivity index (χ0) is 23.8. The Bertz CT molecular complexity index is 1520. The summed E-state index contributed by atoms with van der Waals surface area (Å²) >= 11 is 1.61. The number of thiophene rings is 1. The number of rotatable bonds is 6. The molecule has 5 aromatic rings. The second kappa shape index (κ2) is 8.87. The largest absolute Gasteiger partial charge is 0.368 e. The minimum Gasteiger partial charge on any atom is -0.368 e. The summed E-state index contributed by atoms with van der Waals surface area (Å²) in [6, 6.07) is 12.9. The average Bonchev–Trinajstić information content (AvgIpc) is 3.44. The number of amides is 1. The summed E-state index contributed by atoms with van der Waals surface area (Å²) in [7, 11) is 1.62. The molecular formula is C26H24FN5OS. The summed E-state index contributed by atoms with van der Waals surface area (Å²) in [4.78, 5) is 25.0. The lowest BCUT2D eigenvalue weighted by Gasteiger charge is -2.08. The van der Waals surface area contributed by atoms with Gasteiger partial charge in [0, 0.05) is 35.1 Å². The van der Waals surface area contributed by atoms with E-state index in [-0.39, 0.29) is 11.7 Å². The number of hydrogen-bond acceptors (Lipinski definition) is 5. The summed E-state index contributed by atoms with van der Waals surface area (Å²) in [5.41, 5.74) is 6.25. The summed E-state index contributed by atoms with van der Waals surface area (Å²) in [5.74, 6) is 0.446. The molecular weight excluding hydrogens is 449 g/mol. The van der Waals surface area contributed by atoms with Crippen molar-refractivity contribution in [1.82, 2.24) is 20.3 Å². The monoisotopic (exact) mass is 473 g/mol. The Morgan fingerprint density at radius 2 is 1.91 bits per heavy atom. The number of aromatic amines is 1. The van der Waals surface area contributed by atoms with Crippen molar-refractivity contribution in [3.63, 3.8) is 0 Å². The van der Waals surface area contributed by atoms with Gasteiger partial charge in [-0.15, -0.1) is 11.3 Å². The molecule has 0 unspecified atom stereocenters. The van der Waals surface area contributed by atoms with E-state index in [2.05, 4.69) is 25.6 Å². The first kappa shape index (κ1) is 22.0. The first-order valence-corrected chi connectivity index (χ1v) is 11.8. The third-order valence-corrected chi connectivity index (χ3v) is 7.25. The Morgan fingerprint density at radius 3 is 2.68 bits per heavy atom. The molecule has 0 bridgehead atoms. The molecule has 3 aromatic heterocycles. The van der Waals surface area contributed by atoms with Crippen LogP contribution < -0.4 is 10.6 Å². The van der Waals surface area contributed by atoms with Crippen LogP contribution in [-0.2, 0) is 6.42 Å². The van der Waals surface area contributed by atoms with E-state index >= 15 is 0 Å². The van der Waals surface area contributed by atoms with E-state index in [4.69, 9.17) is 0 Å². The minimum atomic E-state index is -0.227. The molecule has 1 amide bonds. The highest BCUT2D eigenvalue weighted by atomic mass is 32.1. The Morgan fingerprint density at radius 1 is 1.12 bits per heavy atom. The predicted octanol–water partition coefficient (Wildman–Crippen LogP) is 5.61. The molecule has 34 heavy (non-hydrogen) atoms. The highest BCUT2D eigenvalue weighted by molar-refractivity contribution is 7.22. The van der Waals surface area contributed by atoms with Gasteiger partial charge < -0.3 is 15.6 Å². The molecule has 172 valence electrons. The number of halogens is 1. The van der Waals surface area contributed by atoms with Gasteiger partial charge in [0.25, 0.3) is 5.91 Å². The predicted molar refractivity (Wildman–Crippen MR) is 136 cm³/mol. The van der Waals surface area contributed by atoms with Gasteiger partial charge >= 0.3 is 0 Å². The molecule has 0 aliphatic carbocycles. The topological polar surface area (TPSA) is 82.7 Å². The maximum Gasteiger partial charge on any atom is 0.251 e. The van der Waals surface area contributed by atoms with Crippen LogP contribution in [0.25, 0.3) is 31.6 Å². The Hall–Kier alpha value is -3.78. The summed E-state index contributed by atoms with van der Waals surface area (Å²) in [5, 5.41) is 7.05. The third-order valence-electron chi connectivity index (χ3n) is 6.07. The van der Waals surface area contributed by atoms with Crippen molar-refractivity contribution in [2.24, 2.45) is 0 Å². The standard InChI is InChI=1S/C26H24FN5OS/c1-14-4-9-19(27)23-22(14)18(15(2)32-23)10-11-29-25-24-20(30-13-31-25)12-21(34-24)16-5-7-17(8-6-16)26(33)28-3/h4-9,12-13,32H,10-11H2,1-3H3,(H,28,33)(H,29,30,31). The fourth-order valence-corrected chi connectivity index (χ4v) is 5.40. The first-order valence-electron chi connectivity index (χ1n) is 11.0. The van der Waals surface area contributed by atoms with E-state index in [9.17, 15) is 9.18 Å². The smallest absolute Gasteiger partial charge is 0.251 e. The van der Waals surface area contributed by atoms with Gasteiger partial charge in [-0.2, -0.15) is 0 Å². The Labute approximate surface area is 200 Å². The molecule has 0 radical (unpaired) electrons. The third kappa shape index (κ3) is 3.90. The van der Waals surface area contributed by atoms with Crippen LogP contribution in [0, 0.1) is 19.7 Å². The van der Waals surface area contributed by atoms with Gasteiger partial charge in [0.05, 0.1) is 15.7 Å². The van der Waals surface area contributed by atoms with Crippen LogP contribution in [0.5, 0.6) is 0 Å². The number of fused-ring (bicyclic) bond motifs is 2. The number of anilines is 1.